The van der Waals surface area contributed by atoms with Gasteiger partial charge in [-0.1, -0.05) is 19.3 Å². The summed E-state index contributed by atoms with van der Waals surface area (Å²) in [5, 5.41) is 3.73. The fourth-order valence-corrected chi connectivity index (χ4v) is 3.53. The Balaban J connectivity index is 1.97. The molecule has 1 aliphatic carbocycles. The fraction of sp³-hybridized carbons (Fsp3) is 0.706. The van der Waals surface area contributed by atoms with Crippen LogP contribution in [0.15, 0.2) is 6.07 Å². The molecule has 0 amide bonds. The first-order valence-electron chi connectivity index (χ1n) is 7.76. The van der Waals surface area contributed by atoms with Crippen LogP contribution < -0.4 is 5.32 Å². The number of hydrogen-bond donors (Lipinski definition) is 1. The summed E-state index contributed by atoms with van der Waals surface area (Å²) in [4.78, 5) is 4.61. The predicted octanol–water partition coefficient (Wildman–Crippen LogP) is 4.24. The van der Waals surface area contributed by atoms with E-state index in [-0.39, 0.29) is 0 Å². The van der Waals surface area contributed by atoms with Crippen LogP contribution in [0.4, 0.5) is 0 Å². The Hall–Kier alpha value is -0.890. The van der Waals surface area contributed by atoms with Crippen molar-refractivity contribution in [3.05, 3.63) is 28.6 Å². The average Bonchev–Trinajstić information content (AvgIpc) is 2.36. The maximum atomic E-state index is 4.61. The fourth-order valence-electron chi connectivity index (χ4n) is 3.53. The maximum absolute atomic E-state index is 4.61. The largest absolute Gasteiger partial charge is 0.310 e. The Labute approximate surface area is 118 Å². The van der Waals surface area contributed by atoms with Crippen LogP contribution in [-0.2, 0) is 0 Å². The lowest BCUT2D eigenvalue weighted by molar-refractivity contribution is 0.331. The molecule has 0 spiro atoms. The molecule has 1 aromatic heterocycles. The van der Waals surface area contributed by atoms with Gasteiger partial charge < -0.3 is 5.32 Å². The number of rotatable bonds is 4. The SMILES string of the molecule is Cc1cc(C)c(C(C)NCC2CCCCC2)c(C)n1. The number of nitrogens with zero attached hydrogens (tertiary/aromatic N) is 1. The van der Waals surface area contributed by atoms with E-state index in [2.05, 4.69) is 44.1 Å². The Morgan fingerprint density at radius 3 is 2.53 bits per heavy atom. The van der Waals surface area contributed by atoms with E-state index in [9.17, 15) is 0 Å². The van der Waals surface area contributed by atoms with E-state index in [1.165, 1.54) is 48.9 Å². The summed E-state index contributed by atoms with van der Waals surface area (Å²) in [5.41, 5.74) is 5.06. The standard InChI is InChI=1S/C17H28N2/c1-12-10-13(2)19-15(4)17(12)14(3)18-11-16-8-6-5-7-9-16/h10,14,16,18H,5-9,11H2,1-4H3. The molecular weight excluding hydrogens is 232 g/mol. The van der Waals surface area contributed by atoms with E-state index < -0.39 is 0 Å². The van der Waals surface area contributed by atoms with Crippen molar-refractivity contribution >= 4 is 0 Å². The molecule has 1 fully saturated rings. The van der Waals surface area contributed by atoms with Crippen LogP contribution in [0.5, 0.6) is 0 Å². The summed E-state index contributed by atoms with van der Waals surface area (Å²) in [6, 6.07) is 2.61. The van der Waals surface area contributed by atoms with Crippen molar-refractivity contribution in [1.82, 2.24) is 10.3 Å². The molecule has 1 aliphatic rings. The molecule has 0 aliphatic heterocycles. The first-order chi connectivity index (χ1) is 9.08. The van der Waals surface area contributed by atoms with E-state index in [0.717, 1.165) is 18.2 Å². The van der Waals surface area contributed by atoms with E-state index in [4.69, 9.17) is 0 Å². The Kier molecular flexibility index (Phi) is 4.98. The summed E-state index contributed by atoms with van der Waals surface area (Å²) in [7, 11) is 0. The third kappa shape index (κ3) is 3.79. The number of nitrogens with one attached hydrogen (secondary N) is 1. The van der Waals surface area contributed by atoms with Gasteiger partial charge in [0.25, 0.3) is 0 Å². The smallest absolute Gasteiger partial charge is 0.0426 e. The van der Waals surface area contributed by atoms with E-state index in [1.54, 1.807) is 0 Å². The van der Waals surface area contributed by atoms with Crippen LogP contribution in [0.3, 0.4) is 0 Å². The normalized spacial score (nSPS) is 18.5. The molecule has 0 radical (unpaired) electrons. The molecule has 1 atom stereocenters. The van der Waals surface area contributed by atoms with Crippen molar-refractivity contribution in [3.63, 3.8) is 0 Å². The minimum absolute atomic E-state index is 0.412. The molecule has 2 heteroatoms. The van der Waals surface area contributed by atoms with Crippen LogP contribution in [0.1, 0.15) is 67.6 Å². The van der Waals surface area contributed by atoms with Crippen molar-refractivity contribution in [3.8, 4) is 0 Å². The molecule has 1 saturated carbocycles. The lowest BCUT2D eigenvalue weighted by atomic mass is 9.89. The molecule has 1 unspecified atom stereocenters. The van der Waals surface area contributed by atoms with Gasteiger partial charge in [0.15, 0.2) is 0 Å². The van der Waals surface area contributed by atoms with Crippen molar-refractivity contribution in [1.29, 1.82) is 0 Å². The summed E-state index contributed by atoms with van der Waals surface area (Å²) in [6.07, 6.45) is 7.09. The number of pyridine rings is 1. The van der Waals surface area contributed by atoms with Gasteiger partial charge in [0.1, 0.15) is 0 Å². The molecule has 0 aromatic carbocycles. The van der Waals surface area contributed by atoms with Gasteiger partial charge in [-0.25, -0.2) is 0 Å². The Bertz CT molecular complexity index is 396. The van der Waals surface area contributed by atoms with Gasteiger partial charge in [0.05, 0.1) is 0 Å². The van der Waals surface area contributed by atoms with Crippen LogP contribution in [0, 0.1) is 26.7 Å². The summed E-state index contributed by atoms with van der Waals surface area (Å²) in [6.45, 7) is 9.84. The van der Waals surface area contributed by atoms with Crippen molar-refractivity contribution < 1.29 is 0 Å². The van der Waals surface area contributed by atoms with Crippen LogP contribution in [0.2, 0.25) is 0 Å². The second kappa shape index (κ2) is 6.51. The van der Waals surface area contributed by atoms with Crippen molar-refractivity contribution in [2.24, 2.45) is 5.92 Å². The molecule has 2 nitrogen and oxygen atoms in total. The van der Waals surface area contributed by atoms with E-state index in [0.29, 0.717) is 6.04 Å². The number of aryl methyl sites for hydroxylation is 3. The lowest BCUT2D eigenvalue weighted by Gasteiger charge is -2.25. The Morgan fingerprint density at radius 2 is 1.89 bits per heavy atom. The number of aromatic nitrogens is 1. The third-order valence-corrected chi connectivity index (χ3v) is 4.45. The summed E-state index contributed by atoms with van der Waals surface area (Å²) >= 11 is 0. The molecule has 1 aromatic rings. The topological polar surface area (TPSA) is 24.9 Å². The van der Waals surface area contributed by atoms with E-state index in [1.807, 2.05) is 0 Å². The average molecular weight is 260 g/mol. The Morgan fingerprint density at radius 1 is 1.21 bits per heavy atom. The van der Waals surface area contributed by atoms with Gasteiger partial charge in [-0.3, -0.25) is 4.98 Å². The van der Waals surface area contributed by atoms with Crippen LogP contribution in [0.25, 0.3) is 0 Å². The van der Waals surface area contributed by atoms with Gasteiger partial charge in [0.2, 0.25) is 0 Å². The van der Waals surface area contributed by atoms with Gasteiger partial charge in [-0.05, 0) is 70.2 Å². The van der Waals surface area contributed by atoms with Gasteiger partial charge in [0, 0.05) is 17.4 Å². The molecule has 106 valence electrons. The quantitative estimate of drug-likeness (QED) is 0.876. The third-order valence-electron chi connectivity index (χ3n) is 4.45. The second-order valence-corrected chi connectivity index (χ2v) is 6.21. The second-order valence-electron chi connectivity index (χ2n) is 6.21. The highest BCUT2D eigenvalue weighted by Gasteiger charge is 2.17. The van der Waals surface area contributed by atoms with Crippen LogP contribution >= 0.6 is 0 Å². The van der Waals surface area contributed by atoms with Crippen molar-refractivity contribution in [2.45, 2.75) is 65.8 Å². The van der Waals surface area contributed by atoms with Gasteiger partial charge in [-0.15, -0.1) is 0 Å². The highest BCUT2D eigenvalue weighted by molar-refractivity contribution is 5.33. The van der Waals surface area contributed by atoms with Crippen molar-refractivity contribution in [2.75, 3.05) is 6.54 Å². The summed E-state index contributed by atoms with van der Waals surface area (Å²) < 4.78 is 0. The molecule has 0 saturated heterocycles. The van der Waals surface area contributed by atoms with E-state index >= 15 is 0 Å². The molecule has 19 heavy (non-hydrogen) atoms. The molecule has 1 N–H and O–H groups in total. The highest BCUT2D eigenvalue weighted by Crippen LogP contribution is 2.25. The molecule has 0 bridgehead atoms. The lowest BCUT2D eigenvalue weighted by Crippen LogP contribution is -2.28. The maximum Gasteiger partial charge on any atom is 0.0426 e. The first-order valence-corrected chi connectivity index (χ1v) is 7.76. The minimum atomic E-state index is 0.412. The first kappa shape index (κ1) is 14.5. The summed E-state index contributed by atoms with van der Waals surface area (Å²) in [5.74, 6) is 0.884. The molecule has 2 rings (SSSR count). The monoisotopic (exact) mass is 260 g/mol. The number of hydrogen-bond acceptors (Lipinski definition) is 2. The van der Waals surface area contributed by atoms with Crippen LogP contribution in [-0.4, -0.2) is 11.5 Å². The highest BCUT2D eigenvalue weighted by atomic mass is 14.9. The van der Waals surface area contributed by atoms with Gasteiger partial charge >= 0.3 is 0 Å². The molecule has 1 heterocycles. The zero-order valence-electron chi connectivity index (χ0n) is 12.9. The van der Waals surface area contributed by atoms with Gasteiger partial charge in [-0.2, -0.15) is 0 Å². The zero-order valence-corrected chi connectivity index (χ0v) is 12.9. The minimum Gasteiger partial charge on any atom is -0.310 e. The zero-order chi connectivity index (χ0) is 13.8. The predicted molar refractivity (Wildman–Crippen MR) is 81.4 cm³/mol. The molecular formula is C17H28N2.